The van der Waals surface area contributed by atoms with Crippen molar-refractivity contribution < 1.29 is 14.3 Å². The number of benzene rings is 1. The predicted octanol–water partition coefficient (Wildman–Crippen LogP) is 2.61. The van der Waals surface area contributed by atoms with Gasteiger partial charge in [0.25, 0.3) is 0 Å². The normalized spacial score (nSPS) is 11.8. The largest absolute Gasteiger partial charge is 0.464 e. The molecule has 122 valence electrons. The average molecular weight is 315 g/mol. The van der Waals surface area contributed by atoms with E-state index in [9.17, 15) is 9.59 Å². The highest BCUT2D eigenvalue weighted by Crippen LogP contribution is 2.15. The summed E-state index contributed by atoms with van der Waals surface area (Å²) < 4.78 is 6.42. The van der Waals surface area contributed by atoms with Crippen molar-refractivity contribution in [3.63, 3.8) is 0 Å². The molecule has 0 aliphatic rings. The summed E-state index contributed by atoms with van der Waals surface area (Å²) in [5, 5.41) is 0. The smallest absolute Gasteiger partial charge is 0.330 e. The van der Waals surface area contributed by atoms with Gasteiger partial charge in [-0.1, -0.05) is 24.3 Å². The molecule has 0 spiro atoms. The topological polar surface area (TPSA) is 64.4 Å². The zero-order valence-corrected chi connectivity index (χ0v) is 13.6. The number of aromatic nitrogens is 2. The van der Waals surface area contributed by atoms with Crippen LogP contribution in [0.4, 0.5) is 4.79 Å². The molecule has 0 saturated carbocycles. The molecule has 1 unspecified atom stereocenters. The minimum atomic E-state index is -0.690. The fourth-order valence-corrected chi connectivity index (χ4v) is 2.25. The van der Waals surface area contributed by atoms with Gasteiger partial charge in [-0.2, -0.15) is 0 Å². The van der Waals surface area contributed by atoms with Crippen LogP contribution in [0.5, 0.6) is 0 Å². The van der Waals surface area contributed by atoms with E-state index in [2.05, 4.69) is 4.98 Å². The standard InChI is InChI=1S/C17H21N3O3/c1-4-23-16(21)14(3)20(17(22)19-10-9-18-12-19)11-15-8-6-5-7-13(15)2/h5-10,12,14H,4,11H2,1-3H3. The number of aryl methyl sites for hydroxylation is 1. The van der Waals surface area contributed by atoms with Crippen LogP contribution < -0.4 is 0 Å². The Kier molecular flexibility index (Phi) is 5.51. The highest BCUT2D eigenvalue weighted by molar-refractivity contribution is 5.84. The molecule has 2 aromatic rings. The third kappa shape index (κ3) is 3.97. The number of amides is 1. The molecule has 6 heteroatoms. The average Bonchev–Trinajstić information content (AvgIpc) is 3.07. The fraction of sp³-hybridized carbons (Fsp3) is 0.353. The SMILES string of the molecule is CCOC(=O)C(C)N(Cc1ccccc1C)C(=O)n1ccnc1. The molecule has 1 atom stereocenters. The van der Waals surface area contributed by atoms with Crippen LogP contribution in [0, 0.1) is 6.92 Å². The van der Waals surface area contributed by atoms with Crippen molar-refractivity contribution in [3.8, 4) is 0 Å². The molecule has 0 radical (unpaired) electrons. The van der Waals surface area contributed by atoms with Gasteiger partial charge in [0.05, 0.1) is 6.61 Å². The van der Waals surface area contributed by atoms with Gasteiger partial charge in [0.1, 0.15) is 12.4 Å². The summed E-state index contributed by atoms with van der Waals surface area (Å²) in [6.07, 6.45) is 4.51. The van der Waals surface area contributed by atoms with Gasteiger partial charge in [0.2, 0.25) is 0 Å². The van der Waals surface area contributed by atoms with Gasteiger partial charge < -0.3 is 9.64 Å². The summed E-state index contributed by atoms with van der Waals surface area (Å²) in [6.45, 7) is 5.99. The second-order valence-electron chi connectivity index (χ2n) is 5.23. The molecule has 1 amide bonds. The van der Waals surface area contributed by atoms with E-state index in [0.29, 0.717) is 6.54 Å². The zero-order chi connectivity index (χ0) is 16.8. The molecule has 1 heterocycles. The van der Waals surface area contributed by atoms with Crippen molar-refractivity contribution in [2.75, 3.05) is 6.61 Å². The van der Waals surface area contributed by atoms with E-state index in [1.54, 1.807) is 20.0 Å². The lowest BCUT2D eigenvalue weighted by molar-refractivity contribution is -0.148. The molecule has 0 fully saturated rings. The Morgan fingerprint density at radius 3 is 2.70 bits per heavy atom. The third-order valence-corrected chi connectivity index (χ3v) is 3.67. The second kappa shape index (κ2) is 7.58. The Balaban J connectivity index is 2.29. The van der Waals surface area contributed by atoms with Crippen LogP contribution in [0.3, 0.4) is 0 Å². The first-order valence-electron chi connectivity index (χ1n) is 7.54. The van der Waals surface area contributed by atoms with E-state index in [1.807, 2.05) is 31.2 Å². The quantitative estimate of drug-likeness (QED) is 0.796. The lowest BCUT2D eigenvalue weighted by atomic mass is 10.1. The van der Waals surface area contributed by atoms with Gasteiger partial charge in [-0.3, -0.25) is 4.57 Å². The predicted molar refractivity (Wildman–Crippen MR) is 85.8 cm³/mol. The molecule has 0 aliphatic heterocycles. The number of carbonyl (C=O) groups excluding carboxylic acids is 2. The fourth-order valence-electron chi connectivity index (χ4n) is 2.25. The van der Waals surface area contributed by atoms with E-state index < -0.39 is 12.0 Å². The van der Waals surface area contributed by atoms with Crippen LogP contribution in [0.1, 0.15) is 25.0 Å². The number of hydrogen-bond acceptors (Lipinski definition) is 4. The van der Waals surface area contributed by atoms with E-state index in [4.69, 9.17) is 4.74 Å². The third-order valence-electron chi connectivity index (χ3n) is 3.67. The van der Waals surface area contributed by atoms with Crippen molar-refractivity contribution in [1.82, 2.24) is 14.5 Å². The molecule has 0 saturated heterocycles. The number of ether oxygens (including phenoxy) is 1. The molecule has 0 aliphatic carbocycles. The van der Waals surface area contributed by atoms with Gasteiger partial charge in [0, 0.05) is 18.9 Å². The number of carbonyl (C=O) groups is 2. The maximum atomic E-state index is 12.7. The summed E-state index contributed by atoms with van der Waals surface area (Å²) in [4.78, 5) is 30.2. The van der Waals surface area contributed by atoms with Crippen LogP contribution >= 0.6 is 0 Å². The first-order valence-corrected chi connectivity index (χ1v) is 7.54. The first kappa shape index (κ1) is 16.7. The van der Waals surface area contributed by atoms with Gasteiger partial charge in [0.15, 0.2) is 0 Å². The summed E-state index contributed by atoms with van der Waals surface area (Å²) >= 11 is 0. The maximum absolute atomic E-state index is 12.7. The van der Waals surface area contributed by atoms with Crippen molar-refractivity contribution in [1.29, 1.82) is 0 Å². The molecule has 1 aromatic carbocycles. The molecule has 6 nitrogen and oxygen atoms in total. The lowest BCUT2D eigenvalue weighted by Crippen LogP contribution is -2.45. The minimum Gasteiger partial charge on any atom is -0.464 e. The highest BCUT2D eigenvalue weighted by Gasteiger charge is 2.28. The van der Waals surface area contributed by atoms with Crippen molar-refractivity contribution >= 4 is 12.0 Å². The number of hydrogen-bond donors (Lipinski definition) is 0. The van der Waals surface area contributed by atoms with E-state index in [1.165, 1.54) is 22.0 Å². The Morgan fingerprint density at radius 2 is 2.09 bits per heavy atom. The number of nitrogens with zero attached hydrogens (tertiary/aromatic N) is 3. The highest BCUT2D eigenvalue weighted by atomic mass is 16.5. The molecule has 0 bridgehead atoms. The van der Waals surface area contributed by atoms with Gasteiger partial charge in [-0.05, 0) is 31.9 Å². The molecule has 2 rings (SSSR count). The molecular weight excluding hydrogens is 294 g/mol. The Labute approximate surface area is 135 Å². The van der Waals surface area contributed by atoms with Crippen molar-refractivity contribution in [2.24, 2.45) is 0 Å². The number of esters is 1. The summed E-state index contributed by atoms with van der Waals surface area (Å²) in [5.74, 6) is -0.422. The summed E-state index contributed by atoms with van der Waals surface area (Å²) in [7, 11) is 0. The van der Waals surface area contributed by atoms with Crippen LogP contribution in [0.15, 0.2) is 43.0 Å². The lowest BCUT2D eigenvalue weighted by Gasteiger charge is -2.28. The second-order valence-corrected chi connectivity index (χ2v) is 5.23. The van der Waals surface area contributed by atoms with Crippen LogP contribution in [-0.2, 0) is 16.1 Å². The van der Waals surface area contributed by atoms with Crippen LogP contribution in [-0.4, -0.2) is 39.1 Å². The van der Waals surface area contributed by atoms with Gasteiger partial charge >= 0.3 is 12.0 Å². The minimum absolute atomic E-state index is 0.278. The van der Waals surface area contributed by atoms with E-state index in [0.717, 1.165) is 11.1 Å². The van der Waals surface area contributed by atoms with Crippen molar-refractivity contribution in [2.45, 2.75) is 33.4 Å². The number of rotatable bonds is 5. The Morgan fingerprint density at radius 1 is 1.35 bits per heavy atom. The maximum Gasteiger partial charge on any atom is 0.330 e. The van der Waals surface area contributed by atoms with Crippen molar-refractivity contribution in [3.05, 3.63) is 54.1 Å². The van der Waals surface area contributed by atoms with Gasteiger partial charge in [-0.25, -0.2) is 14.6 Å². The molecule has 0 N–H and O–H groups in total. The molecule has 1 aromatic heterocycles. The number of imidazole rings is 1. The van der Waals surface area contributed by atoms with E-state index in [-0.39, 0.29) is 12.6 Å². The van der Waals surface area contributed by atoms with E-state index >= 15 is 0 Å². The summed E-state index contributed by atoms with van der Waals surface area (Å²) in [5.41, 5.74) is 2.05. The van der Waals surface area contributed by atoms with Crippen LogP contribution in [0.25, 0.3) is 0 Å². The molecule has 23 heavy (non-hydrogen) atoms. The first-order chi connectivity index (χ1) is 11.0. The Bertz CT molecular complexity index is 667. The Hall–Kier alpha value is -2.63. The van der Waals surface area contributed by atoms with Gasteiger partial charge in [-0.15, -0.1) is 0 Å². The van der Waals surface area contributed by atoms with Crippen LogP contribution in [0.2, 0.25) is 0 Å². The zero-order valence-electron chi connectivity index (χ0n) is 13.6. The molecular formula is C17H21N3O3. The summed E-state index contributed by atoms with van der Waals surface area (Å²) in [6, 6.07) is 6.77. The monoisotopic (exact) mass is 315 g/mol.